The molecule has 9 heteroatoms. The van der Waals surface area contributed by atoms with Gasteiger partial charge in [0, 0.05) is 13.1 Å². The predicted octanol–water partition coefficient (Wildman–Crippen LogP) is 4.67. The van der Waals surface area contributed by atoms with Gasteiger partial charge in [0.05, 0.1) is 18.3 Å². The molecule has 0 radical (unpaired) electrons. The smallest absolute Gasteiger partial charge is 0.410 e. The van der Waals surface area contributed by atoms with Crippen molar-refractivity contribution in [1.29, 1.82) is 0 Å². The predicted molar refractivity (Wildman–Crippen MR) is 120 cm³/mol. The van der Waals surface area contributed by atoms with E-state index in [0.29, 0.717) is 18.8 Å². The lowest BCUT2D eigenvalue weighted by atomic mass is 10.0. The first-order valence-electron chi connectivity index (χ1n) is 10.6. The number of piperidine rings is 1. The molecule has 1 atom stereocenters. The van der Waals surface area contributed by atoms with Gasteiger partial charge in [0.2, 0.25) is 0 Å². The maximum atomic E-state index is 13.1. The number of nitrogens with zero attached hydrogens (tertiary/aromatic N) is 4. The minimum absolute atomic E-state index is 0.158. The Bertz CT molecular complexity index is 902. The van der Waals surface area contributed by atoms with Crippen molar-refractivity contribution in [3.8, 4) is 0 Å². The van der Waals surface area contributed by atoms with Crippen LogP contribution in [0.3, 0.4) is 0 Å². The highest BCUT2D eigenvalue weighted by Gasteiger charge is 2.33. The molecule has 1 fully saturated rings. The van der Waals surface area contributed by atoms with Crippen molar-refractivity contribution < 1.29 is 19.1 Å². The molecule has 1 aliphatic heterocycles. The Morgan fingerprint density at radius 3 is 2.56 bits per heavy atom. The van der Waals surface area contributed by atoms with Gasteiger partial charge in [-0.2, -0.15) is 5.10 Å². The van der Waals surface area contributed by atoms with E-state index < -0.39 is 11.7 Å². The molecule has 2 aromatic rings. The minimum Gasteiger partial charge on any atom is -0.445 e. The number of aromatic nitrogens is 2. The van der Waals surface area contributed by atoms with E-state index in [1.807, 2.05) is 51.1 Å². The highest BCUT2D eigenvalue weighted by molar-refractivity contribution is 6.29. The first-order chi connectivity index (χ1) is 15.2. The summed E-state index contributed by atoms with van der Waals surface area (Å²) in [5.41, 5.74) is 0.892. The molecule has 1 aliphatic rings. The third-order valence-corrected chi connectivity index (χ3v) is 5.15. The summed E-state index contributed by atoms with van der Waals surface area (Å²) in [7, 11) is 0. The van der Waals surface area contributed by atoms with Crippen molar-refractivity contribution in [2.45, 2.75) is 58.4 Å². The Morgan fingerprint density at radius 1 is 1.16 bits per heavy atom. The second-order valence-electron chi connectivity index (χ2n) is 8.74. The quantitative estimate of drug-likeness (QED) is 0.644. The van der Waals surface area contributed by atoms with Crippen LogP contribution in [-0.2, 0) is 22.6 Å². The number of halogens is 1. The molecular weight excluding hydrogens is 432 g/mol. The number of rotatable bonds is 5. The van der Waals surface area contributed by atoms with Crippen LogP contribution >= 0.6 is 11.6 Å². The van der Waals surface area contributed by atoms with Crippen LogP contribution in [0.2, 0.25) is 5.15 Å². The molecule has 0 bridgehead atoms. The van der Waals surface area contributed by atoms with Gasteiger partial charge in [0.1, 0.15) is 12.2 Å². The zero-order chi connectivity index (χ0) is 23.1. The first-order valence-corrected chi connectivity index (χ1v) is 11.0. The monoisotopic (exact) mass is 460 g/mol. The Hall–Kier alpha value is -2.87. The summed E-state index contributed by atoms with van der Waals surface area (Å²) < 4.78 is 11.1. The van der Waals surface area contributed by atoms with E-state index in [1.54, 1.807) is 21.9 Å². The molecule has 1 unspecified atom stereocenters. The van der Waals surface area contributed by atoms with Crippen molar-refractivity contribution in [2.24, 2.45) is 0 Å². The Morgan fingerprint density at radius 2 is 1.91 bits per heavy atom. The summed E-state index contributed by atoms with van der Waals surface area (Å²) in [5, 5.41) is 8.22. The molecule has 1 aromatic carbocycles. The van der Waals surface area contributed by atoms with Gasteiger partial charge in [-0.1, -0.05) is 41.9 Å². The summed E-state index contributed by atoms with van der Waals surface area (Å²) in [5.74, 6) is 0. The molecule has 0 saturated carbocycles. The number of hydrogen-bond donors (Lipinski definition) is 0. The van der Waals surface area contributed by atoms with E-state index in [2.05, 4.69) is 10.2 Å². The number of benzene rings is 1. The van der Waals surface area contributed by atoms with Gasteiger partial charge in [-0.15, -0.1) is 5.10 Å². The number of ether oxygens (including phenoxy) is 2. The zero-order valence-electron chi connectivity index (χ0n) is 18.7. The highest BCUT2D eigenvalue weighted by atomic mass is 35.5. The Balaban J connectivity index is 1.73. The molecule has 0 N–H and O–H groups in total. The van der Waals surface area contributed by atoms with Gasteiger partial charge in [-0.05, 0) is 51.3 Å². The Labute approximate surface area is 193 Å². The fourth-order valence-corrected chi connectivity index (χ4v) is 3.55. The van der Waals surface area contributed by atoms with Crippen LogP contribution in [0.5, 0.6) is 0 Å². The SMILES string of the molecule is CC(C)(C)OC(=O)N1CCCC(N(Cc2ccc(Cl)nn2)C(=O)OCc2ccccc2)C1. The maximum Gasteiger partial charge on any atom is 0.410 e. The number of carbonyl (C=O) groups is 2. The number of amides is 2. The number of hydrogen-bond acceptors (Lipinski definition) is 6. The summed E-state index contributed by atoms with van der Waals surface area (Å²) in [4.78, 5) is 28.9. The standard InChI is InChI=1S/C23H29ClN4O4/c1-23(2,3)32-21(29)27-13-7-10-19(15-27)28(14-18-11-12-20(24)26-25-18)22(30)31-16-17-8-5-4-6-9-17/h4-6,8-9,11-12,19H,7,10,13-16H2,1-3H3. The van der Waals surface area contributed by atoms with Crippen molar-refractivity contribution >= 4 is 23.8 Å². The van der Waals surface area contributed by atoms with Crippen LogP contribution in [0, 0.1) is 0 Å². The third-order valence-electron chi connectivity index (χ3n) is 4.95. The third kappa shape index (κ3) is 7.09. The van der Waals surface area contributed by atoms with Crippen LogP contribution in [0.1, 0.15) is 44.9 Å². The summed E-state index contributed by atoms with van der Waals surface area (Å²) >= 11 is 5.85. The fourth-order valence-electron chi connectivity index (χ4n) is 3.45. The molecule has 172 valence electrons. The van der Waals surface area contributed by atoms with Crippen LogP contribution in [0.15, 0.2) is 42.5 Å². The molecule has 2 amide bonds. The topological polar surface area (TPSA) is 84.9 Å². The van der Waals surface area contributed by atoms with Crippen LogP contribution in [0.4, 0.5) is 9.59 Å². The molecule has 8 nitrogen and oxygen atoms in total. The van der Waals surface area contributed by atoms with E-state index in [-0.39, 0.29) is 30.4 Å². The normalized spacial score (nSPS) is 16.4. The van der Waals surface area contributed by atoms with Gasteiger partial charge < -0.3 is 14.4 Å². The summed E-state index contributed by atoms with van der Waals surface area (Å²) in [6.07, 6.45) is 0.632. The lowest BCUT2D eigenvalue weighted by Crippen LogP contribution is -2.52. The molecule has 0 spiro atoms. The van der Waals surface area contributed by atoms with Crippen LogP contribution in [-0.4, -0.2) is 56.9 Å². The maximum absolute atomic E-state index is 13.1. The van der Waals surface area contributed by atoms with E-state index >= 15 is 0 Å². The first kappa shape index (κ1) is 23.8. The van der Waals surface area contributed by atoms with E-state index in [9.17, 15) is 9.59 Å². The second kappa shape index (κ2) is 10.6. The van der Waals surface area contributed by atoms with Gasteiger partial charge in [0.25, 0.3) is 0 Å². The van der Waals surface area contributed by atoms with Gasteiger partial charge in [0.15, 0.2) is 5.15 Å². The van der Waals surface area contributed by atoms with Gasteiger partial charge in [-0.25, -0.2) is 9.59 Å². The van der Waals surface area contributed by atoms with Crippen LogP contribution < -0.4 is 0 Å². The fraction of sp³-hybridized carbons (Fsp3) is 0.478. The molecule has 1 saturated heterocycles. The lowest BCUT2D eigenvalue weighted by Gasteiger charge is -2.39. The number of carbonyl (C=O) groups excluding carboxylic acids is 2. The average molecular weight is 461 g/mol. The largest absolute Gasteiger partial charge is 0.445 e. The summed E-state index contributed by atoms with van der Waals surface area (Å²) in [6.45, 7) is 6.79. The zero-order valence-corrected chi connectivity index (χ0v) is 19.4. The second-order valence-corrected chi connectivity index (χ2v) is 9.13. The van der Waals surface area contributed by atoms with Crippen molar-refractivity contribution in [3.63, 3.8) is 0 Å². The molecule has 1 aromatic heterocycles. The number of likely N-dealkylation sites (tertiary alicyclic amines) is 1. The molecular formula is C23H29ClN4O4. The van der Waals surface area contributed by atoms with Gasteiger partial charge >= 0.3 is 12.2 Å². The molecule has 2 heterocycles. The van der Waals surface area contributed by atoms with E-state index in [4.69, 9.17) is 21.1 Å². The van der Waals surface area contributed by atoms with E-state index in [1.165, 1.54) is 0 Å². The van der Waals surface area contributed by atoms with Gasteiger partial charge in [-0.3, -0.25) is 4.90 Å². The summed E-state index contributed by atoms with van der Waals surface area (Å²) in [6, 6.07) is 12.6. The Kier molecular flexibility index (Phi) is 7.90. The lowest BCUT2D eigenvalue weighted by molar-refractivity contribution is 0.00746. The molecule has 3 rings (SSSR count). The molecule has 32 heavy (non-hydrogen) atoms. The van der Waals surface area contributed by atoms with Crippen molar-refractivity contribution in [1.82, 2.24) is 20.0 Å². The highest BCUT2D eigenvalue weighted by Crippen LogP contribution is 2.22. The molecule has 0 aliphatic carbocycles. The van der Waals surface area contributed by atoms with Crippen molar-refractivity contribution in [3.05, 3.63) is 58.9 Å². The van der Waals surface area contributed by atoms with Crippen LogP contribution in [0.25, 0.3) is 0 Å². The average Bonchev–Trinajstić information content (AvgIpc) is 2.77. The van der Waals surface area contributed by atoms with E-state index in [0.717, 1.165) is 18.4 Å². The van der Waals surface area contributed by atoms with Crippen molar-refractivity contribution in [2.75, 3.05) is 13.1 Å². The minimum atomic E-state index is -0.586.